The normalized spacial score (nSPS) is 49.2. The first-order valence-corrected chi connectivity index (χ1v) is 6.82. The first kappa shape index (κ1) is 11.6. The molecule has 0 aromatic rings. The SMILES string of the molecule is ClC1=C(Cl)C2(Cl)C3(CC3)CC1(Cl)C2(Cl)Cl. The van der Waals surface area contributed by atoms with Gasteiger partial charge in [0.2, 0.25) is 0 Å². The van der Waals surface area contributed by atoms with Gasteiger partial charge < -0.3 is 0 Å². The summed E-state index contributed by atoms with van der Waals surface area (Å²) in [7, 11) is 0. The smallest absolute Gasteiger partial charge is 0.110 e. The van der Waals surface area contributed by atoms with Crippen molar-refractivity contribution in [1.29, 1.82) is 0 Å². The van der Waals surface area contributed by atoms with Crippen LogP contribution in [0.1, 0.15) is 19.3 Å². The van der Waals surface area contributed by atoms with Crippen LogP contribution in [0.25, 0.3) is 0 Å². The second kappa shape index (κ2) is 2.73. The summed E-state index contributed by atoms with van der Waals surface area (Å²) in [4.78, 5) is -2.03. The summed E-state index contributed by atoms with van der Waals surface area (Å²) >= 11 is 37.9. The highest BCUT2D eigenvalue weighted by Crippen LogP contribution is 2.84. The molecule has 0 saturated heterocycles. The largest absolute Gasteiger partial charge is 0.166 e. The Bertz CT molecular complexity index is 395. The molecule has 2 unspecified atom stereocenters. The Kier molecular flexibility index (Phi) is 2.10. The molecule has 0 aromatic heterocycles. The lowest BCUT2D eigenvalue weighted by Gasteiger charge is -2.33. The van der Waals surface area contributed by atoms with Crippen LogP contribution in [-0.2, 0) is 0 Å². The van der Waals surface area contributed by atoms with Crippen molar-refractivity contribution in [3.63, 3.8) is 0 Å². The van der Waals surface area contributed by atoms with Crippen LogP contribution in [0.3, 0.4) is 0 Å². The second-order valence-corrected chi connectivity index (χ2v) is 7.91. The Morgan fingerprint density at radius 2 is 1.40 bits per heavy atom. The maximum atomic E-state index is 6.55. The highest BCUT2D eigenvalue weighted by Gasteiger charge is 2.86. The van der Waals surface area contributed by atoms with E-state index in [-0.39, 0.29) is 5.41 Å². The zero-order valence-electron chi connectivity index (χ0n) is 7.39. The molecule has 15 heavy (non-hydrogen) atoms. The maximum absolute atomic E-state index is 6.55. The molecule has 0 aromatic carbocycles. The number of fused-ring (bicyclic) bond motifs is 3. The molecule has 0 amide bonds. The summed E-state index contributed by atoms with van der Waals surface area (Å²) in [6.07, 6.45) is 2.51. The van der Waals surface area contributed by atoms with E-state index in [9.17, 15) is 0 Å². The first-order valence-electron chi connectivity index (χ1n) is 4.55. The average Bonchev–Trinajstić information content (AvgIpc) is 2.88. The number of rotatable bonds is 0. The molecule has 0 N–H and O–H groups in total. The minimum atomic E-state index is -1.33. The highest BCUT2D eigenvalue weighted by molar-refractivity contribution is 6.65. The lowest BCUT2D eigenvalue weighted by atomic mass is 9.89. The number of halogens is 6. The predicted octanol–water partition coefficient (Wildman–Crippen LogP) is 5.00. The molecule has 0 heterocycles. The van der Waals surface area contributed by atoms with Gasteiger partial charge in [0, 0.05) is 0 Å². The van der Waals surface area contributed by atoms with E-state index < -0.39 is 14.1 Å². The Morgan fingerprint density at radius 1 is 0.867 bits per heavy atom. The van der Waals surface area contributed by atoms with Crippen LogP contribution in [0.4, 0.5) is 0 Å². The van der Waals surface area contributed by atoms with Crippen molar-refractivity contribution in [2.24, 2.45) is 5.41 Å². The lowest BCUT2D eigenvalue weighted by molar-refractivity contribution is 0.443. The van der Waals surface area contributed by atoms with Crippen molar-refractivity contribution in [1.82, 2.24) is 0 Å². The molecule has 3 aliphatic carbocycles. The zero-order chi connectivity index (χ0) is 11.3. The van der Waals surface area contributed by atoms with E-state index in [2.05, 4.69) is 0 Å². The van der Waals surface area contributed by atoms with Gasteiger partial charge in [-0.15, -0.1) is 23.2 Å². The van der Waals surface area contributed by atoms with Gasteiger partial charge in [0.25, 0.3) is 0 Å². The van der Waals surface area contributed by atoms with Crippen LogP contribution < -0.4 is 0 Å². The number of hydrogen-bond donors (Lipinski definition) is 0. The molecule has 0 aliphatic heterocycles. The second-order valence-electron chi connectivity index (χ2n) is 4.62. The summed E-state index contributed by atoms with van der Waals surface area (Å²) in [5.41, 5.74) is -0.157. The predicted molar refractivity (Wildman–Crippen MR) is 66.6 cm³/mol. The number of hydrogen-bond acceptors (Lipinski definition) is 0. The average molecular weight is 327 g/mol. The van der Waals surface area contributed by atoms with Crippen LogP contribution in [0.15, 0.2) is 10.1 Å². The number of allylic oxidation sites excluding steroid dienone is 2. The van der Waals surface area contributed by atoms with E-state index in [4.69, 9.17) is 69.6 Å². The number of alkyl halides is 4. The minimum Gasteiger partial charge on any atom is -0.110 e. The monoisotopic (exact) mass is 324 g/mol. The zero-order valence-corrected chi connectivity index (χ0v) is 11.9. The van der Waals surface area contributed by atoms with Crippen molar-refractivity contribution in [2.75, 3.05) is 0 Å². The van der Waals surface area contributed by atoms with E-state index >= 15 is 0 Å². The third-order valence-electron chi connectivity index (χ3n) is 3.94. The van der Waals surface area contributed by atoms with Gasteiger partial charge in [0.15, 0.2) is 4.33 Å². The van der Waals surface area contributed by atoms with Gasteiger partial charge in [-0.2, -0.15) is 0 Å². The molecule has 2 atom stereocenters. The molecule has 2 bridgehead atoms. The van der Waals surface area contributed by atoms with Gasteiger partial charge in [-0.3, -0.25) is 0 Å². The summed E-state index contributed by atoms with van der Waals surface area (Å²) in [6.45, 7) is 0. The van der Waals surface area contributed by atoms with Crippen LogP contribution in [0.5, 0.6) is 0 Å². The molecule has 3 rings (SSSR count). The molecule has 0 radical (unpaired) electrons. The first-order chi connectivity index (χ1) is 6.73. The molecule has 3 aliphatic rings. The molecule has 2 fully saturated rings. The van der Waals surface area contributed by atoms with E-state index in [0.29, 0.717) is 16.5 Å². The van der Waals surface area contributed by atoms with Gasteiger partial charge in [-0.25, -0.2) is 0 Å². The Balaban J connectivity index is 2.31. The quantitative estimate of drug-likeness (QED) is 0.549. The maximum Gasteiger partial charge on any atom is 0.166 e. The van der Waals surface area contributed by atoms with E-state index in [1.54, 1.807) is 0 Å². The van der Waals surface area contributed by atoms with E-state index in [0.717, 1.165) is 12.8 Å². The molecule has 0 nitrogen and oxygen atoms in total. The van der Waals surface area contributed by atoms with E-state index in [1.807, 2.05) is 0 Å². The van der Waals surface area contributed by atoms with Crippen LogP contribution >= 0.6 is 69.6 Å². The fraction of sp³-hybridized carbons (Fsp3) is 0.778. The standard InChI is InChI=1S/C9H6Cl6/c10-4-5(11)8(13)6(1-2-6)3-7(4,12)9(8,14)15/h1-3H2. The summed E-state index contributed by atoms with van der Waals surface area (Å²) < 4.78 is -1.33. The summed E-state index contributed by atoms with van der Waals surface area (Å²) in [5.74, 6) is 0. The van der Waals surface area contributed by atoms with Gasteiger partial charge in [0.05, 0.1) is 10.1 Å². The third kappa shape index (κ3) is 0.914. The van der Waals surface area contributed by atoms with E-state index in [1.165, 1.54) is 0 Å². The molecule has 2 saturated carbocycles. The topological polar surface area (TPSA) is 0 Å². The van der Waals surface area contributed by atoms with Gasteiger partial charge >= 0.3 is 0 Å². The summed E-state index contributed by atoms with van der Waals surface area (Å²) in [5, 5.41) is 0.637. The lowest BCUT2D eigenvalue weighted by Crippen LogP contribution is -2.44. The molecular formula is C9H6Cl6. The molecule has 1 spiro atoms. The Morgan fingerprint density at radius 3 is 1.73 bits per heavy atom. The van der Waals surface area contributed by atoms with Crippen molar-refractivity contribution >= 4 is 69.6 Å². The van der Waals surface area contributed by atoms with Gasteiger partial charge in [0.1, 0.15) is 9.75 Å². The molecule has 6 heteroatoms. The van der Waals surface area contributed by atoms with Crippen molar-refractivity contribution in [3.05, 3.63) is 10.1 Å². The summed E-state index contributed by atoms with van der Waals surface area (Å²) in [6, 6.07) is 0. The van der Waals surface area contributed by atoms with Crippen molar-refractivity contribution in [2.45, 2.75) is 33.3 Å². The van der Waals surface area contributed by atoms with Gasteiger partial charge in [-0.05, 0) is 24.7 Å². The Hall–Kier alpha value is 1.48. The van der Waals surface area contributed by atoms with Crippen LogP contribution in [-0.4, -0.2) is 14.1 Å². The van der Waals surface area contributed by atoms with Crippen molar-refractivity contribution < 1.29 is 0 Å². The highest BCUT2D eigenvalue weighted by atomic mass is 35.5. The van der Waals surface area contributed by atoms with Gasteiger partial charge in [-0.1, -0.05) is 46.4 Å². The van der Waals surface area contributed by atoms with Crippen LogP contribution in [0, 0.1) is 5.41 Å². The third-order valence-corrected chi connectivity index (χ3v) is 8.29. The van der Waals surface area contributed by atoms with Crippen molar-refractivity contribution in [3.8, 4) is 0 Å². The Labute approximate surface area is 118 Å². The molecular weight excluding hydrogens is 321 g/mol. The van der Waals surface area contributed by atoms with Crippen LogP contribution in [0.2, 0.25) is 0 Å². The molecule has 84 valence electrons. The fourth-order valence-electron chi connectivity index (χ4n) is 2.89. The minimum absolute atomic E-state index is 0.157. The fourth-order valence-corrected chi connectivity index (χ4v) is 6.00.